The van der Waals surface area contributed by atoms with Gasteiger partial charge in [0.05, 0.1) is 14.2 Å². The summed E-state index contributed by atoms with van der Waals surface area (Å²) in [6, 6.07) is 12.2. The van der Waals surface area contributed by atoms with E-state index in [0.717, 1.165) is 9.83 Å². The van der Waals surface area contributed by atoms with Crippen LogP contribution in [0.3, 0.4) is 0 Å². The number of ether oxygens (including phenoxy) is 1. The van der Waals surface area contributed by atoms with Gasteiger partial charge in [-0.1, -0.05) is 18.2 Å². The molecule has 0 saturated carbocycles. The first kappa shape index (κ1) is 14.1. The lowest BCUT2D eigenvalue weighted by molar-refractivity contribution is 0.480. The Morgan fingerprint density at radius 2 is 1.68 bits per heavy atom. The van der Waals surface area contributed by atoms with Gasteiger partial charge in [0, 0.05) is 6.26 Å². The minimum Gasteiger partial charge on any atom is -0.454 e. The molecule has 0 unspecified atom stereocenters. The molecule has 0 atom stereocenters. The lowest BCUT2D eigenvalue weighted by atomic mass is 10.3. The van der Waals surface area contributed by atoms with E-state index < -0.39 is 9.84 Å². The van der Waals surface area contributed by atoms with Crippen molar-refractivity contribution in [1.82, 2.24) is 0 Å². The number of nitrogens with two attached hydrogens (primary N) is 1. The number of hydrogen-bond acceptors (Lipinski definition) is 4. The summed E-state index contributed by atoms with van der Waals surface area (Å²) >= 11 is 2.14. The van der Waals surface area contributed by atoms with Gasteiger partial charge in [0.25, 0.3) is 0 Å². The maximum absolute atomic E-state index is 11.6. The van der Waals surface area contributed by atoms with Crippen LogP contribution < -0.4 is 10.5 Å². The average molecular weight is 389 g/mol. The van der Waals surface area contributed by atoms with Crippen molar-refractivity contribution in [2.24, 2.45) is 0 Å². The van der Waals surface area contributed by atoms with Crippen molar-refractivity contribution in [1.29, 1.82) is 0 Å². The first-order valence-corrected chi connectivity index (χ1v) is 8.37. The predicted molar refractivity (Wildman–Crippen MR) is 83.2 cm³/mol. The van der Waals surface area contributed by atoms with Gasteiger partial charge in [-0.15, -0.1) is 0 Å². The lowest BCUT2D eigenvalue weighted by Crippen LogP contribution is -2.04. The molecule has 0 aromatic heterocycles. The van der Waals surface area contributed by atoms with Crippen LogP contribution in [0.15, 0.2) is 47.4 Å². The standard InChI is InChI=1S/C13H12INO3S/c1-19(16,17)12-8-4-7-11(13(12)15)18-10-6-3-2-5-9(10)14/h2-8H,15H2,1H3. The topological polar surface area (TPSA) is 69.4 Å². The molecule has 0 aliphatic rings. The minimum absolute atomic E-state index is 0.0796. The summed E-state index contributed by atoms with van der Waals surface area (Å²) in [6.07, 6.45) is 1.12. The van der Waals surface area contributed by atoms with Crippen LogP contribution in [0.1, 0.15) is 0 Å². The molecule has 0 amide bonds. The fraction of sp³-hybridized carbons (Fsp3) is 0.0769. The van der Waals surface area contributed by atoms with Crippen molar-refractivity contribution in [2.75, 3.05) is 12.0 Å². The van der Waals surface area contributed by atoms with E-state index >= 15 is 0 Å². The van der Waals surface area contributed by atoms with Gasteiger partial charge in [-0.3, -0.25) is 0 Å². The Balaban J connectivity index is 2.46. The van der Waals surface area contributed by atoms with Gasteiger partial charge in [-0.2, -0.15) is 0 Å². The molecule has 0 aliphatic heterocycles. The van der Waals surface area contributed by atoms with Gasteiger partial charge < -0.3 is 10.5 Å². The molecule has 100 valence electrons. The van der Waals surface area contributed by atoms with Crippen molar-refractivity contribution in [2.45, 2.75) is 4.90 Å². The Hall–Kier alpha value is -1.28. The zero-order valence-electron chi connectivity index (χ0n) is 10.1. The maximum atomic E-state index is 11.6. The van der Waals surface area contributed by atoms with E-state index in [-0.39, 0.29) is 10.6 Å². The third kappa shape index (κ3) is 3.19. The van der Waals surface area contributed by atoms with Gasteiger partial charge in [0.15, 0.2) is 15.6 Å². The molecule has 0 fully saturated rings. The van der Waals surface area contributed by atoms with Gasteiger partial charge in [0.2, 0.25) is 0 Å². The van der Waals surface area contributed by atoms with Crippen LogP contribution in [-0.2, 0) is 9.84 Å². The van der Waals surface area contributed by atoms with Crippen molar-refractivity contribution < 1.29 is 13.2 Å². The molecule has 0 spiro atoms. The van der Waals surface area contributed by atoms with Gasteiger partial charge in [-0.25, -0.2) is 8.42 Å². The second-order valence-electron chi connectivity index (χ2n) is 3.97. The number of rotatable bonds is 3. The maximum Gasteiger partial charge on any atom is 0.177 e. The Labute approximate surface area is 125 Å². The summed E-state index contributed by atoms with van der Waals surface area (Å²) in [4.78, 5) is 0.0796. The van der Waals surface area contributed by atoms with Crippen LogP contribution >= 0.6 is 22.6 Å². The van der Waals surface area contributed by atoms with E-state index in [1.807, 2.05) is 18.2 Å². The van der Waals surface area contributed by atoms with Crippen LogP contribution in [0.4, 0.5) is 5.69 Å². The highest BCUT2D eigenvalue weighted by atomic mass is 127. The van der Waals surface area contributed by atoms with Crippen LogP contribution in [0, 0.1) is 3.57 Å². The van der Waals surface area contributed by atoms with E-state index in [1.54, 1.807) is 18.2 Å². The first-order valence-electron chi connectivity index (χ1n) is 5.40. The SMILES string of the molecule is CS(=O)(=O)c1cccc(Oc2ccccc2I)c1N. The predicted octanol–water partition coefficient (Wildman–Crippen LogP) is 3.07. The molecule has 19 heavy (non-hydrogen) atoms. The molecule has 6 heteroatoms. The van der Waals surface area contributed by atoms with Crippen molar-refractivity contribution in [3.8, 4) is 11.5 Å². The molecule has 0 bridgehead atoms. The smallest absolute Gasteiger partial charge is 0.177 e. The number of nitrogen functional groups attached to an aromatic ring is 1. The second-order valence-corrected chi connectivity index (χ2v) is 7.12. The highest BCUT2D eigenvalue weighted by molar-refractivity contribution is 14.1. The molecule has 2 aromatic carbocycles. The number of anilines is 1. The van der Waals surface area contributed by atoms with Crippen molar-refractivity contribution >= 4 is 38.1 Å². The van der Waals surface area contributed by atoms with Gasteiger partial charge in [0.1, 0.15) is 5.75 Å². The number of sulfone groups is 1. The Morgan fingerprint density at radius 3 is 2.32 bits per heavy atom. The summed E-state index contributed by atoms with van der Waals surface area (Å²) in [6.45, 7) is 0. The highest BCUT2D eigenvalue weighted by Crippen LogP contribution is 2.33. The van der Waals surface area contributed by atoms with Crippen LogP contribution in [-0.4, -0.2) is 14.7 Å². The van der Waals surface area contributed by atoms with Crippen molar-refractivity contribution in [3.63, 3.8) is 0 Å². The number of hydrogen-bond donors (Lipinski definition) is 1. The van der Waals surface area contributed by atoms with E-state index in [2.05, 4.69) is 22.6 Å². The van der Waals surface area contributed by atoms with E-state index in [4.69, 9.17) is 10.5 Å². The fourth-order valence-corrected chi connectivity index (χ4v) is 2.91. The van der Waals surface area contributed by atoms with Crippen LogP contribution in [0.25, 0.3) is 0 Å². The largest absolute Gasteiger partial charge is 0.454 e. The summed E-state index contributed by atoms with van der Waals surface area (Å²) < 4.78 is 29.8. The summed E-state index contributed by atoms with van der Waals surface area (Å²) in [5.41, 5.74) is 5.99. The van der Waals surface area contributed by atoms with E-state index in [0.29, 0.717) is 11.5 Å². The first-order chi connectivity index (χ1) is 8.89. The Bertz CT molecular complexity index is 714. The summed E-state index contributed by atoms with van der Waals surface area (Å²) in [5, 5.41) is 0. The zero-order valence-corrected chi connectivity index (χ0v) is 13.1. The summed E-state index contributed by atoms with van der Waals surface area (Å²) in [5.74, 6) is 0.979. The third-order valence-electron chi connectivity index (χ3n) is 2.48. The number of benzene rings is 2. The highest BCUT2D eigenvalue weighted by Gasteiger charge is 2.15. The molecule has 2 aromatic rings. The molecule has 0 heterocycles. The molecule has 0 aliphatic carbocycles. The third-order valence-corrected chi connectivity index (χ3v) is 4.53. The fourth-order valence-electron chi connectivity index (χ4n) is 1.58. The molecule has 4 nitrogen and oxygen atoms in total. The van der Waals surface area contributed by atoms with E-state index in [1.165, 1.54) is 6.07 Å². The van der Waals surface area contributed by atoms with E-state index in [9.17, 15) is 8.42 Å². The molecule has 2 N–H and O–H groups in total. The van der Waals surface area contributed by atoms with Gasteiger partial charge in [-0.05, 0) is 46.9 Å². The van der Waals surface area contributed by atoms with Gasteiger partial charge >= 0.3 is 0 Å². The number of halogens is 1. The minimum atomic E-state index is -3.37. The molecule has 0 saturated heterocycles. The van der Waals surface area contributed by atoms with Crippen LogP contribution in [0.2, 0.25) is 0 Å². The Morgan fingerprint density at radius 1 is 1.05 bits per heavy atom. The lowest BCUT2D eigenvalue weighted by Gasteiger charge is -2.12. The molecule has 0 radical (unpaired) electrons. The zero-order chi connectivity index (χ0) is 14.0. The average Bonchev–Trinajstić information content (AvgIpc) is 2.33. The normalized spacial score (nSPS) is 11.3. The molecule has 2 rings (SSSR count). The Kier molecular flexibility index (Phi) is 4.00. The number of para-hydroxylation sites is 2. The van der Waals surface area contributed by atoms with Crippen molar-refractivity contribution in [3.05, 3.63) is 46.0 Å². The molecular formula is C13H12INO3S. The molecular weight excluding hydrogens is 377 g/mol. The van der Waals surface area contributed by atoms with Crippen LogP contribution in [0.5, 0.6) is 11.5 Å². The second kappa shape index (κ2) is 5.38. The quantitative estimate of drug-likeness (QED) is 0.647. The monoisotopic (exact) mass is 389 g/mol. The summed E-state index contributed by atoms with van der Waals surface area (Å²) in [7, 11) is -3.37.